The highest BCUT2D eigenvalue weighted by Gasteiger charge is 2.04. The molecule has 2 nitrogen and oxygen atoms in total. The molecule has 0 atom stereocenters. The number of rotatable bonds is 1. The maximum Gasteiger partial charge on any atom is 0.253 e. The van der Waals surface area contributed by atoms with Crippen molar-refractivity contribution in [3.8, 4) is 11.1 Å². The fourth-order valence-electron chi connectivity index (χ4n) is 1.84. The van der Waals surface area contributed by atoms with Crippen molar-refractivity contribution < 1.29 is 4.42 Å². The Bertz CT molecular complexity index is 670. The van der Waals surface area contributed by atoms with Crippen molar-refractivity contribution in [1.29, 1.82) is 0 Å². The van der Waals surface area contributed by atoms with Crippen LogP contribution in [0, 0.1) is 6.92 Å². The number of aromatic nitrogens is 1. The summed E-state index contributed by atoms with van der Waals surface area (Å²) in [6.45, 7) is 2.08. The average molecular weight is 241 g/mol. The van der Waals surface area contributed by atoms with Gasteiger partial charge in [-0.05, 0) is 30.2 Å². The van der Waals surface area contributed by atoms with Crippen LogP contribution in [-0.4, -0.2) is 4.98 Å². The van der Waals surface area contributed by atoms with E-state index in [2.05, 4.69) is 48.8 Å². The highest BCUT2D eigenvalue weighted by atomic mass is 32.1. The van der Waals surface area contributed by atoms with Crippen LogP contribution in [0.3, 0.4) is 0 Å². The van der Waals surface area contributed by atoms with Crippen molar-refractivity contribution in [3.63, 3.8) is 0 Å². The summed E-state index contributed by atoms with van der Waals surface area (Å²) in [4.78, 5) is 4.21. The molecule has 0 N–H and O–H groups in total. The maximum absolute atomic E-state index is 5.33. The van der Waals surface area contributed by atoms with E-state index < -0.39 is 0 Å². The maximum atomic E-state index is 5.33. The molecule has 0 aliphatic carbocycles. The number of thiol groups is 1. The first kappa shape index (κ1) is 10.4. The highest BCUT2D eigenvalue weighted by Crippen LogP contribution is 2.25. The van der Waals surface area contributed by atoms with Crippen LogP contribution in [0.1, 0.15) is 5.56 Å². The Morgan fingerprint density at radius 2 is 1.71 bits per heavy atom. The van der Waals surface area contributed by atoms with Gasteiger partial charge in [0.25, 0.3) is 5.22 Å². The Morgan fingerprint density at radius 1 is 1.00 bits per heavy atom. The minimum atomic E-state index is 0.404. The number of hydrogen-bond donors (Lipinski definition) is 1. The van der Waals surface area contributed by atoms with Gasteiger partial charge in [-0.15, -0.1) is 0 Å². The zero-order valence-electron chi connectivity index (χ0n) is 9.34. The second-order valence-corrected chi connectivity index (χ2v) is 4.43. The summed E-state index contributed by atoms with van der Waals surface area (Å²) in [6, 6.07) is 14.4. The molecule has 0 spiro atoms. The Labute approximate surface area is 105 Å². The van der Waals surface area contributed by atoms with Crippen molar-refractivity contribution in [3.05, 3.63) is 48.0 Å². The molecule has 0 amide bonds. The monoisotopic (exact) mass is 241 g/mol. The average Bonchev–Trinajstić information content (AvgIpc) is 2.69. The van der Waals surface area contributed by atoms with Gasteiger partial charge >= 0.3 is 0 Å². The summed E-state index contributed by atoms with van der Waals surface area (Å²) in [5.41, 5.74) is 5.19. The van der Waals surface area contributed by atoms with E-state index in [1.165, 1.54) is 11.1 Å². The third-order valence-corrected chi connectivity index (χ3v) is 2.95. The van der Waals surface area contributed by atoms with Crippen molar-refractivity contribution in [2.24, 2.45) is 0 Å². The second-order valence-electron chi connectivity index (χ2n) is 4.04. The van der Waals surface area contributed by atoms with Crippen molar-refractivity contribution in [2.75, 3.05) is 0 Å². The van der Waals surface area contributed by atoms with Crippen LogP contribution in [-0.2, 0) is 0 Å². The van der Waals surface area contributed by atoms with E-state index >= 15 is 0 Å². The summed E-state index contributed by atoms with van der Waals surface area (Å²) in [5, 5.41) is 0.404. The lowest BCUT2D eigenvalue weighted by molar-refractivity contribution is 0.492. The van der Waals surface area contributed by atoms with Gasteiger partial charge in [-0.2, -0.15) is 0 Å². The van der Waals surface area contributed by atoms with E-state index in [0.29, 0.717) is 5.22 Å². The van der Waals surface area contributed by atoms with Gasteiger partial charge < -0.3 is 4.42 Å². The number of fused-ring (bicyclic) bond motifs is 1. The van der Waals surface area contributed by atoms with E-state index in [1.54, 1.807) is 0 Å². The lowest BCUT2D eigenvalue weighted by Gasteiger charge is -2.01. The molecule has 3 aromatic rings. The normalized spacial score (nSPS) is 10.9. The van der Waals surface area contributed by atoms with Gasteiger partial charge in [0.1, 0.15) is 5.52 Å². The standard InChI is InChI=1S/C14H11NOS/c1-9-2-4-10(5-3-9)11-6-7-13-12(8-11)15-14(17)16-13/h2-8H,1H3,(H,15,17). The Morgan fingerprint density at radius 3 is 2.47 bits per heavy atom. The molecule has 0 unspecified atom stereocenters. The Hall–Kier alpha value is -1.74. The van der Waals surface area contributed by atoms with E-state index in [0.717, 1.165) is 16.7 Å². The van der Waals surface area contributed by atoms with Gasteiger partial charge in [0.05, 0.1) is 0 Å². The first-order valence-electron chi connectivity index (χ1n) is 5.39. The van der Waals surface area contributed by atoms with E-state index in [9.17, 15) is 0 Å². The summed E-state index contributed by atoms with van der Waals surface area (Å²) in [7, 11) is 0. The first-order valence-corrected chi connectivity index (χ1v) is 5.84. The molecule has 17 heavy (non-hydrogen) atoms. The largest absolute Gasteiger partial charge is 0.432 e. The Balaban J connectivity index is 2.13. The summed E-state index contributed by atoms with van der Waals surface area (Å²) in [6.07, 6.45) is 0. The fourth-order valence-corrected chi connectivity index (χ4v) is 2.05. The molecular weight excluding hydrogens is 230 g/mol. The molecule has 0 aliphatic rings. The van der Waals surface area contributed by atoms with Gasteiger partial charge in [-0.3, -0.25) is 0 Å². The minimum Gasteiger partial charge on any atom is -0.432 e. The number of aryl methyl sites for hydroxylation is 1. The molecule has 3 heteroatoms. The van der Waals surface area contributed by atoms with E-state index in [1.807, 2.05) is 18.2 Å². The van der Waals surface area contributed by atoms with Gasteiger partial charge in [0.15, 0.2) is 5.58 Å². The van der Waals surface area contributed by atoms with Gasteiger partial charge in [-0.25, -0.2) is 4.98 Å². The molecule has 0 saturated heterocycles. The molecule has 1 aromatic heterocycles. The summed E-state index contributed by atoms with van der Waals surface area (Å²) in [5.74, 6) is 0. The molecule has 3 rings (SSSR count). The summed E-state index contributed by atoms with van der Waals surface area (Å²) < 4.78 is 5.33. The molecule has 0 fully saturated rings. The van der Waals surface area contributed by atoms with E-state index in [-0.39, 0.29) is 0 Å². The topological polar surface area (TPSA) is 26.0 Å². The quantitative estimate of drug-likeness (QED) is 0.649. The predicted octanol–water partition coefficient (Wildman–Crippen LogP) is 4.09. The van der Waals surface area contributed by atoms with E-state index in [4.69, 9.17) is 4.42 Å². The first-order chi connectivity index (χ1) is 8.22. The smallest absolute Gasteiger partial charge is 0.253 e. The van der Waals surface area contributed by atoms with Crippen molar-refractivity contribution in [2.45, 2.75) is 12.1 Å². The lowest BCUT2D eigenvalue weighted by atomic mass is 10.0. The molecule has 0 aliphatic heterocycles. The predicted molar refractivity (Wildman–Crippen MR) is 71.4 cm³/mol. The SMILES string of the molecule is Cc1ccc(-c2ccc3oc(S)nc3c2)cc1. The molecule has 1 heterocycles. The van der Waals surface area contributed by atoms with Crippen LogP contribution in [0.2, 0.25) is 0 Å². The zero-order chi connectivity index (χ0) is 11.8. The van der Waals surface area contributed by atoms with Crippen LogP contribution in [0.25, 0.3) is 22.2 Å². The van der Waals surface area contributed by atoms with Crippen LogP contribution in [0.4, 0.5) is 0 Å². The van der Waals surface area contributed by atoms with Gasteiger partial charge in [0, 0.05) is 0 Å². The number of oxazole rings is 1. The minimum absolute atomic E-state index is 0.404. The van der Waals surface area contributed by atoms with Crippen LogP contribution in [0.5, 0.6) is 0 Å². The van der Waals surface area contributed by atoms with Crippen LogP contribution >= 0.6 is 12.6 Å². The Kier molecular flexibility index (Phi) is 2.41. The third kappa shape index (κ3) is 1.94. The zero-order valence-corrected chi connectivity index (χ0v) is 10.2. The fraction of sp³-hybridized carbons (Fsp3) is 0.0714. The number of hydrogen-bond acceptors (Lipinski definition) is 3. The van der Waals surface area contributed by atoms with Crippen LogP contribution < -0.4 is 0 Å². The number of benzene rings is 2. The van der Waals surface area contributed by atoms with Gasteiger partial charge in [-0.1, -0.05) is 48.5 Å². The molecule has 2 aromatic carbocycles. The molecule has 0 bridgehead atoms. The second kappa shape index (κ2) is 3.93. The van der Waals surface area contributed by atoms with Crippen molar-refractivity contribution in [1.82, 2.24) is 4.98 Å². The highest BCUT2D eigenvalue weighted by molar-refractivity contribution is 7.80. The van der Waals surface area contributed by atoms with Crippen molar-refractivity contribution >= 4 is 23.7 Å². The van der Waals surface area contributed by atoms with Crippen LogP contribution in [0.15, 0.2) is 52.1 Å². The summed E-state index contributed by atoms with van der Waals surface area (Å²) >= 11 is 4.10. The van der Waals surface area contributed by atoms with Gasteiger partial charge in [0.2, 0.25) is 0 Å². The third-order valence-electron chi connectivity index (χ3n) is 2.76. The molecule has 84 valence electrons. The molecule has 0 saturated carbocycles. The molecule has 0 radical (unpaired) electrons. The number of nitrogens with zero attached hydrogens (tertiary/aromatic N) is 1. The molecular formula is C14H11NOS. The lowest BCUT2D eigenvalue weighted by Crippen LogP contribution is -1.78.